The first-order chi connectivity index (χ1) is 8.59. The molecular formula is C13H17FN4. The maximum absolute atomic E-state index is 12.8. The predicted octanol–water partition coefficient (Wildman–Crippen LogP) is 2.58. The van der Waals surface area contributed by atoms with Crippen LogP contribution in [0.2, 0.25) is 0 Å². The lowest BCUT2D eigenvalue weighted by Crippen LogP contribution is -2.36. The maximum atomic E-state index is 12.8. The number of nitrogens with two attached hydrogens (primary N) is 1. The number of halogens is 1. The highest BCUT2D eigenvalue weighted by atomic mass is 19.1. The van der Waals surface area contributed by atoms with Crippen molar-refractivity contribution < 1.29 is 4.39 Å². The van der Waals surface area contributed by atoms with Crippen LogP contribution < -0.4 is 5.73 Å². The summed E-state index contributed by atoms with van der Waals surface area (Å²) in [4.78, 5) is 11.5. The molecule has 3 N–H and O–H groups in total. The Morgan fingerprint density at radius 1 is 1.22 bits per heavy atom. The molecule has 0 aliphatic rings. The van der Waals surface area contributed by atoms with Crippen molar-refractivity contribution >= 4 is 0 Å². The van der Waals surface area contributed by atoms with Crippen LogP contribution in [0.4, 0.5) is 4.39 Å². The van der Waals surface area contributed by atoms with Gasteiger partial charge in [-0.1, -0.05) is 13.8 Å². The Bertz CT molecular complexity index is 514. The topological polar surface area (TPSA) is 67.6 Å². The maximum Gasteiger partial charge on any atom is 0.141 e. The zero-order valence-corrected chi connectivity index (χ0v) is 10.6. The largest absolute Gasteiger partial charge is 0.339 e. The van der Waals surface area contributed by atoms with Crippen LogP contribution in [0.15, 0.2) is 24.5 Å². The number of hydrogen-bond donors (Lipinski definition) is 2. The molecule has 0 amide bonds. The van der Waals surface area contributed by atoms with Gasteiger partial charge in [-0.3, -0.25) is 4.98 Å². The Labute approximate surface area is 105 Å². The number of imidazole rings is 1. The van der Waals surface area contributed by atoms with E-state index in [-0.39, 0.29) is 5.82 Å². The second-order valence-electron chi connectivity index (χ2n) is 4.37. The number of aromatic nitrogens is 3. The van der Waals surface area contributed by atoms with Crippen molar-refractivity contribution in [3.8, 4) is 11.4 Å². The average Bonchev–Trinajstić information content (AvgIpc) is 2.89. The fraction of sp³-hybridized carbons (Fsp3) is 0.385. The highest BCUT2D eigenvalue weighted by molar-refractivity contribution is 5.52. The molecule has 18 heavy (non-hydrogen) atoms. The molecule has 0 aliphatic carbocycles. The summed E-state index contributed by atoms with van der Waals surface area (Å²) in [6, 6.07) is 2.99. The number of pyridine rings is 1. The molecular weight excluding hydrogens is 231 g/mol. The molecule has 5 heteroatoms. The van der Waals surface area contributed by atoms with E-state index in [1.807, 2.05) is 13.8 Å². The molecule has 2 rings (SSSR count). The smallest absolute Gasteiger partial charge is 0.141 e. The van der Waals surface area contributed by atoms with Crippen LogP contribution in [0, 0.1) is 5.82 Å². The van der Waals surface area contributed by atoms with Crippen molar-refractivity contribution in [3.05, 3.63) is 36.2 Å². The monoisotopic (exact) mass is 248 g/mol. The van der Waals surface area contributed by atoms with E-state index >= 15 is 0 Å². The third-order valence-corrected chi connectivity index (χ3v) is 3.31. The minimum absolute atomic E-state index is 0.353. The minimum Gasteiger partial charge on any atom is -0.339 e. The molecule has 2 aromatic heterocycles. The molecule has 0 unspecified atom stereocenters. The van der Waals surface area contributed by atoms with Crippen LogP contribution in [-0.2, 0) is 5.54 Å². The van der Waals surface area contributed by atoms with Gasteiger partial charge in [-0.15, -0.1) is 0 Å². The summed E-state index contributed by atoms with van der Waals surface area (Å²) in [6.45, 7) is 4.06. The fourth-order valence-corrected chi connectivity index (χ4v) is 1.82. The lowest BCUT2D eigenvalue weighted by atomic mass is 9.93. The van der Waals surface area contributed by atoms with Crippen LogP contribution >= 0.6 is 0 Å². The van der Waals surface area contributed by atoms with E-state index in [2.05, 4.69) is 15.0 Å². The summed E-state index contributed by atoms with van der Waals surface area (Å²) in [5.41, 5.74) is 7.22. The molecule has 96 valence electrons. The Hall–Kier alpha value is -1.75. The van der Waals surface area contributed by atoms with Crippen molar-refractivity contribution in [2.75, 3.05) is 0 Å². The van der Waals surface area contributed by atoms with Crippen molar-refractivity contribution in [1.82, 2.24) is 15.0 Å². The summed E-state index contributed by atoms with van der Waals surface area (Å²) in [7, 11) is 0. The van der Waals surface area contributed by atoms with E-state index in [9.17, 15) is 4.39 Å². The molecule has 0 fully saturated rings. The van der Waals surface area contributed by atoms with E-state index in [0.29, 0.717) is 5.69 Å². The van der Waals surface area contributed by atoms with E-state index < -0.39 is 5.54 Å². The molecule has 0 radical (unpaired) electrons. The summed E-state index contributed by atoms with van der Waals surface area (Å²) in [5.74, 6) is 0.391. The summed E-state index contributed by atoms with van der Waals surface area (Å²) in [6.07, 6.45) is 4.47. The first-order valence-electron chi connectivity index (χ1n) is 6.05. The third-order valence-electron chi connectivity index (χ3n) is 3.31. The van der Waals surface area contributed by atoms with Crippen LogP contribution in [0.1, 0.15) is 32.5 Å². The third kappa shape index (κ3) is 2.26. The zero-order chi connectivity index (χ0) is 13.2. The standard InChI is InChI=1S/C13H17FN4/c1-3-13(15,4-2)12-17-8-11(18-12)10-6-5-9(14)7-16-10/h5-8H,3-4,15H2,1-2H3,(H,17,18). The van der Waals surface area contributed by atoms with E-state index in [1.165, 1.54) is 12.3 Å². The second-order valence-corrected chi connectivity index (χ2v) is 4.37. The first kappa shape index (κ1) is 12.7. The van der Waals surface area contributed by atoms with Gasteiger partial charge >= 0.3 is 0 Å². The number of H-pyrrole nitrogens is 1. The second kappa shape index (κ2) is 4.86. The lowest BCUT2D eigenvalue weighted by molar-refractivity contribution is 0.391. The van der Waals surface area contributed by atoms with Crippen LogP contribution in [0.25, 0.3) is 11.4 Å². The van der Waals surface area contributed by atoms with Gasteiger partial charge in [0.25, 0.3) is 0 Å². The highest BCUT2D eigenvalue weighted by Gasteiger charge is 2.26. The van der Waals surface area contributed by atoms with Crippen molar-refractivity contribution in [3.63, 3.8) is 0 Å². The Kier molecular flexibility index (Phi) is 3.43. The molecule has 0 aromatic carbocycles. The Morgan fingerprint density at radius 2 is 1.94 bits per heavy atom. The fourth-order valence-electron chi connectivity index (χ4n) is 1.82. The number of hydrogen-bond acceptors (Lipinski definition) is 3. The van der Waals surface area contributed by atoms with Gasteiger partial charge in [0.1, 0.15) is 11.6 Å². The van der Waals surface area contributed by atoms with Crippen LogP contribution in [-0.4, -0.2) is 15.0 Å². The van der Waals surface area contributed by atoms with Crippen molar-refractivity contribution in [2.45, 2.75) is 32.2 Å². The number of rotatable bonds is 4. The first-order valence-corrected chi connectivity index (χ1v) is 6.05. The van der Waals surface area contributed by atoms with Gasteiger partial charge in [0.15, 0.2) is 0 Å². The van der Waals surface area contributed by atoms with Crippen LogP contribution in [0.5, 0.6) is 0 Å². The molecule has 0 aliphatic heterocycles. The normalized spacial score (nSPS) is 11.8. The summed E-state index contributed by atoms with van der Waals surface area (Å²) < 4.78 is 12.8. The quantitative estimate of drug-likeness (QED) is 0.873. The van der Waals surface area contributed by atoms with E-state index in [0.717, 1.165) is 24.4 Å². The molecule has 2 heterocycles. The lowest BCUT2D eigenvalue weighted by Gasteiger charge is -2.23. The highest BCUT2D eigenvalue weighted by Crippen LogP contribution is 2.25. The molecule has 0 saturated carbocycles. The van der Waals surface area contributed by atoms with E-state index in [4.69, 9.17) is 5.73 Å². The summed E-state index contributed by atoms with van der Waals surface area (Å²) in [5, 5.41) is 0. The SMILES string of the molecule is CCC(N)(CC)c1ncc(-c2ccc(F)cn2)[nH]1. The van der Waals surface area contributed by atoms with Crippen molar-refractivity contribution in [2.24, 2.45) is 5.73 Å². The van der Waals surface area contributed by atoms with Gasteiger partial charge in [-0.2, -0.15) is 0 Å². The Morgan fingerprint density at radius 3 is 2.50 bits per heavy atom. The number of aromatic amines is 1. The summed E-state index contributed by atoms with van der Waals surface area (Å²) >= 11 is 0. The Balaban J connectivity index is 2.33. The molecule has 0 saturated heterocycles. The van der Waals surface area contributed by atoms with E-state index in [1.54, 1.807) is 12.3 Å². The average molecular weight is 248 g/mol. The van der Waals surface area contributed by atoms with Crippen molar-refractivity contribution in [1.29, 1.82) is 0 Å². The molecule has 2 aromatic rings. The van der Waals surface area contributed by atoms with Crippen LogP contribution in [0.3, 0.4) is 0 Å². The van der Waals surface area contributed by atoms with Gasteiger partial charge in [-0.05, 0) is 25.0 Å². The van der Waals surface area contributed by atoms with Gasteiger partial charge in [0, 0.05) is 0 Å². The van der Waals surface area contributed by atoms with Gasteiger partial charge in [-0.25, -0.2) is 9.37 Å². The van der Waals surface area contributed by atoms with Gasteiger partial charge in [0.05, 0.1) is 29.3 Å². The molecule has 0 atom stereocenters. The number of nitrogens with zero attached hydrogens (tertiary/aromatic N) is 2. The minimum atomic E-state index is -0.446. The molecule has 0 bridgehead atoms. The number of nitrogens with one attached hydrogen (secondary N) is 1. The predicted molar refractivity (Wildman–Crippen MR) is 68.2 cm³/mol. The van der Waals surface area contributed by atoms with Gasteiger partial charge < -0.3 is 10.7 Å². The zero-order valence-electron chi connectivity index (χ0n) is 10.6. The van der Waals surface area contributed by atoms with Gasteiger partial charge in [0.2, 0.25) is 0 Å². The molecule has 0 spiro atoms. The molecule has 4 nitrogen and oxygen atoms in total.